The van der Waals surface area contributed by atoms with E-state index in [0.717, 1.165) is 0 Å². The summed E-state index contributed by atoms with van der Waals surface area (Å²) >= 11 is 0. The second kappa shape index (κ2) is 5.16. The van der Waals surface area contributed by atoms with Crippen LogP contribution >= 0.6 is 0 Å². The average molecular weight is 273 g/mol. The van der Waals surface area contributed by atoms with Crippen molar-refractivity contribution in [1.29, 1.82) is 0 Å². The second-order valence-electron chi connectivity index (χ2n) is 5.61. The summed E-state index contributed by atoms with van der Waals surface area (Å²) in [6.07, 6.45) is 0.303. The van der Waals surface area contributed by atoms with Crippen LogP contribution in [0.4, 0.5) is 0 Å². The normalized spacial score (nSPS) is 20.1. The van der Waals surface area contributed by atoms with Gasteiger partial charge in [0.05, 0.1) is 0 Å². The molecule has 0 aromatic rings. The zero-order valence-electron chi connectivity index (χ0n) is 11.2. The van der Waals surface area contributed by atoms with Gasteiger partial charge in [0.15, 0.2) is 0 Å². The highest BCUT2D eigenvalue weighted by molar-refractivity contribution is 6.17. The zero-order chi connectivity index (χ0) is 14.8. The number of carboxylic acids is 2. The van der Waals surface area contributed by atoms with Crippen LogP contribution in [0.5, 0.6) is 0 Å². The molecule has 1 saturated heterocycles. The standard InChI is InChI=1S/C12H19NO6/c1-11(2,3)19-10(18)12(8(14)15,9(16)17)7-4-5-13-6-7/h7,13H,4-6H2,1-3H3,(H,14,15)(H,16,17). The molecule has 1 aliphatic rings. The van der Waals surface area contributed by atoms with Crippen LogP contribution in [0.15, 0.2) is 0 Å². The summed E-state index contributed by atoms with van der Waals surface area (Å²) in [4.78, 5) is 35.1. The molecule has 1 atom stereocenters. The fraction of sp³-hybridized carbons (Fsp3) is 0.750. The molecule has 108 valence electrons. The molecule has 7 heteroatoms. The van der Waals surface area contributed by atoms with Gasteiger partial charge >= 0.3 is 17.9 Å². The first kappa shape index (κ1) is 15.4. The van der Waals surface area contributed by atoms with E-state index in [1.165, 1.54) is 0 Å². The van der Waals surface area contributed by atoms with Crippen LogP contribution in [-0.4, -0.2) is 46.8 Å². The zero-order valence-corrected chi connectivity index (χ0v) is 11.2. The van der Waals surface area contributed by atoms with Crippen molar-refractivity contribution < 1.29 is 29.3 Å². The Hall–Kier alpha value is -1.63. The lowest BCUT2D eigenvalue weighted by molar-refractivity contribution is -0.188. The number of carbonyl (C=O) groups is 3. The summed E-state index contributed by atoms with van der Waals surface area (Å²) in [6, 6.07) is 0. The van der Waals surface area contributed by atoms with E-state index in [4.69, 9.17) is 4.74 Å². The van der Waals surface area contributed by atoms with Crippen molar-refractivity contribution in [3.05, 3.63) is 0 Å². The smallest absolute Gasteiger partial charge is 0.336 e. The van der Waals surface area contributed by atoms with Gasteiger partial charge < -0.3 is 20.3 Å². The predicted molar refractivity (Wildman–Crippen MR) is 64.5 cm³/mol. The summed E-state index contributed by atoms with van der Waals surface area (Å²) < 4.78 is 5.01. The molecule has 1 heterocycles. The quantitative estimate of drug-likeness (QED) is 0.491. The fourth-order valence-electron chi connectivity index (χ4n) is 2.16. The third kappa shape index (κ3) is 2.86. The van der Waals surface area contributed by atoms with Crippen molar-refractivity contribution >= 4 is 17.9 Å². The minimum absolute atomic E-state index is 0.165. The molecule has 0 amide bonds. The van der Waals surface area contributed by atoms with Gasteiger partial charge in [-0.25, -0.2) is 0 Å². The number of carboxylic acid groups (broad SMARTS) is 2. The summed E-state index contributed by atoms with van der Waals surface area (Å²) in [5.41, 5.74) is -3.49. The molecule has 7 nitrogen and oxygen atoms in total. The van der Waals surface area contributed by atoms with E-state index in [1.54, 1.807) is 20.8 Å². The fourth-order valence-corrected chi connectivity index (χ4v) is 2.16. The van der Waals surface area contributed by atoms with Crippen molar-refractivity contribution in [3.63, 3.8) is 0 Å². The molecule has 1 aliphatic heterocycles. The molecule has 3 N–H and O–H groups in total. The molecule has 1 fully saturated rings. The van der Waals surface area contributed by atoms with Crippen LogP contribution < -0.4 is 5.32 Å². The van der Waals surface area contributed by atoms with Gasteiger partial charge in [-0.1, -0.05) is 0 Å². The number of ether oxygens (including phenoxy) is 1. The van der Waals surface area contributed by atoms with Gasteiger partial charge in [0.1, 0.15) is 5.60 Å². The Balaban J connectivity index is 3.20. The third-order valence-electron chi connectivity index (χ3n) is 3.07. The van der Waals surface area contributed by atoms with E-state index in [1.807, 2.05) is 0 Å². The molecule has 1 rings (SSSR count). The number of carbonyl (C=O) groups excluding carboxylic acids is 1. The monoisotopic (exact) mass is 273 g/mol. The summed E-state index contributed by atoms with van der Waals surface area (Å²) in [6.45, 7) is 5.33. The van der Waals surface area contributed by atoms with Gasteiger partial charge in [0.25, 0.3) is 5.41 Å². The van der Waals surface area contributed by atoms with Crippen molar-refractivity contribution in [2.75, 3.05) is 13.1 Å². The molecule has 0 aliphatic carbocycles. The highest BCUT2D eigenvalue weighted by atomic mass is 16.6. The number of hydrogen-bond donors (Lipinski definition) is 3. The topological polar surface area (TPSA) is 113 Å². The number of nitrogens with one attached hydrogen (secondary N) is 1. The van der Waals surface area contributed by atoms with Crippen LogP contribution in [0.25, 0.3) is 0 Å². The molecule has 1 unspecified atom stereocenters. The van der Waals surface area contributed by atoms with Crippen molar-refractivity contribution in [2.24, 2.45) is 11.3 Å². The molecule has 0 radical (unpaired) electrons. The number of hydrogen-bond acceptors (Lipinski definition) is 5. The number of rotatable bonds is 4. The van der Waals surface area contributed by atoms with Crippen molar-refractivity contribution in [1.82, 2.24) is 5.32 Å². The van der Waals surface area contributed by atoms with Crippen LogP contribution in [0, 0.1) is 11.3 Å². The number of esters is 1. The van der Waals surface area contributed by atoms with Gasteiger partial charge in [-0.2, -0.15) is 0 Å². The molecule has 0 aromatic carbocycles. The lowest BCUT2D eigenvalue weighted by Gasteiger charge is -2.31. The average Bonchev–Trinajstić information content (AvgIpc) is 2.67. The van der Waals surface area contributed by atoms with E-state index in [-0.39, 0.29) is 6.54 Å². The number of aliphatic carboxylic acids is 2. The van der Waals surface area contributed by atoms with Gasteiger partial charge in [-0.3, -0.25) is 14.4 Å². The van der Waals surface area contributed by atoms with Crippen molar-refractivity contribution in [2.45, 2.75) is 32.8 Å². The molecule has 0 spiro atoms. The molecule has 19 heavy (non-hydrogen) atoms. The predicted octanol–water partition coefficient (Wildman–Crippen LogP) is 0.0932. The first-order valence-electron chi connectivity index (χ1n) is 6.03. The Kier molecular flexibility index (Phi) is 4.19. The van der Waals surface area contributed by atoms with Crippen molar-refractivity contribution in [3.8, 4) is 0 Å². The van der Waals surface area contributed by atoms with Gasteiger partial charge in [0, 0.05) is 12.5 Å². The second-order valence-corrected chi connectivity index (χ2v) is 5.61. The Morgan fingerprint density at radius 2 is 1.68 bits per heavy atom. The minimum Gasteiger partial charge on any atom is -0.480 e. The van der Waals surface area contributed by atoms with Crippen LogP contribution in [-0.2, 0) is 19.1 Å². The van der Waals surface area contributed by atoms with E-state index >= 15 is 0 Å². The summed E-state index contributed by atoms with van der Waals surface area (Å²) in [5.74, 6) is -5.39. The summed E-state index contributed by atoms with van der Waals surface area (Å²) in [5, 5.41) is 21.5. The maximum Gasteiger partial charge on any atom is 0.336 e. The molecule has 0 aromatic heterocycles. The van der Waals surface area contributed by atoms with Crippen LogP contribution in [0.3, 0.4) is 0 Å². The Morgan fingerprint density at radius 1 is 1.16 bits per heavy atom. The molecular weight excluding hydrogens is 254 g/mol. The first-order chi connectivity index (χ1) is 8.62. The SMILES string of the molecule is CC(C)(C)OC(=O)C(C(=O)O)(C(=O)O)C1CCNC1. The van der Waals surface area contributed by atoms with Crippen LogP contribution in [0.1, 0.15) is 27.2 Å². The van der Waals surface area contributed by atoms with Gasteiger partial charge in [-0.15, -0.1) is 0 Å². The Labute approximate surface area is 110 Å². The summed E-state index contributed by atoms with van der Waals surface area (Å²) in [7, 11) is 0. The van der Waals surface area contributed by atoms with E-state index in [2.05, 4.69) is 5.32 Å². The largest absolute Gasteiger partial charge is 0.480 e. The van der Waals surface area contributed by atoms with E-state index in [9.17, 15) is 24.6 Å². The van der Waals surface area contributed by atoms with Crippen LogP contribution in [0.2, 0.25) is 0 Å². The third-order valence-corrected chi connectivity index (χ3v) is 3.07. The van der Waals surface area contributed by atoms with E-state index in [0.29, 0.717) is 13.0 Å². The molecular formula is C12H19NO6. The Morgan fingerprint density at radius 3 is 2.00 bits per heavy atom. The maximum absolute atomic E-state index is 12.1. The van der Waals surface area contributed by atoms with Gasteiger partial charge in [-0.05, 0) is 33.7 Å². The highest BCUT2D eigenvalue weighted by Gasteiger charge is 2.61. The lowest BCUT2D eigenvalue weighted by atomic mass is 9.74. The minimum atomic E-state index is -2.54. The molecule has 0 bridgehead atoms. The van der Waals surface area contributed by atoms with E-state index < -0.39 is 34.8 Å². The molecule has 0 saturated carbocycles. The highest BCUT2D eigenvalue weighted by Crippen LogP contribution is 2.36. The first-order valence-corrected chi connectivity index (χ1v) is 6.03. The Bertz CT molecular complexity index is 378. The van der Waals surface area contributed by atoms with Gasteiger partial charge in [0.2, 0.25) is 0 Å². The maximum atomic E-state index is 12.1. The lowest BCUT2D eigenvalue weighted by Crippen LogP contribution is -2.54.